The quantitative estimate of drug-likeness (QED) is 0.819. The number of aromatic nitrogens is 2. The molecule has 0 aliphatic carbocycles. The SMILES string of the molecule is CCCn1cc(S(=O)(=O)NCC)nc1C. The van der Waals surface area contributed by atoms with Crippen LogP contribution in [0.25, 0.3) is 0 Å². The van der Waals surface area contributed by atoms with E-state index in [9.17, 15) is 8.42 Å². The van der Waals surface area contributed by atoms with Crippen LogP contribution in [0.1, 0.15) is 26.1 Å². The molecular formula is C9H17N3O2S. The van der Waals surface area contributed by atoms with Gasteiger partial charge in [-0.05, 0) is 13.3 Å². The Morgan fingerprint density at radius 1 is 1.47 bits per heavy atom. The molecule has 5 nitrogen and oxygen atoms in total. The normalized spacial score (nSPS) is 11.9. The summed E-state index contributed by atoms with van der Waals surface area (Å²) in [6.45, 7) is 6.76. The summed E-state index contributed by atoms with van der Waals surface area (Å²) >= 11 is 0. The molecule has 0 saturated carbocycles. The Kier molecular flexibility index (Phi) is 3.87. The summed E-state index contributed by atoms with van der Waals surface area (Å²) in [5.74, 6) is 0.730. The van der Waals surface area contributed by atoms with Gasteiger partial charge >= 0.3 is 0 Å². The number of imidazole rings is 1. The van der Waals surface area contributed by atoms with Crippen LogP contribution in [-0.2, 0) is 16.6 Å². The van der Waals surface area contributed by atoms with E-state index in [0.29, 0.717) is 6.54 Å². The maximum atomic E-state index is 11.6. The van der Waals surface area contributed by atoms with Crippen molar-refractivity contribution in [2.75, 3.05) is 6.54 Å². The summed E-state index contributed by atoms with van der Waals surface area (Å²) < 4.78 is 27.5. The Balaban J connectivity index is 3.01. The highest BCUT2D eigenvalue weighted by Crippen LogP contribution is 2.09. The number of hydrogen-bond acceptors (Lipinski definition) is 3. The summed E-state index contributed by atoms with van der Waals surface area (Å²) in [6, 6.07) is 0. The van der Waals surface area contributed by atoms with E-state index in [4.69, 9.17) is 0 Å². The van der Waals surface area contributed by atoms with Crippen LogP contribution in [0.4, 0.5) is 0 Å². The average Bonchev–Trinajstić information content (AvgIpc) is 2.49. The Labute approximate surface area is 90.6 Å². The number of nitrogens with zero attached hydrogens (tertiary/aromatic N) is 2. The summed E-state index contributed by atoms with van der Waals surface area (Å²) in [6.07, 6.45) is 2.54. The molecule has 0 aromatic carbocycles. The Bertz CT molecular complexity index is 423. The van der Waals surface area contributed by atoms with Crippen molar-refractivity contribution < 1.29 is 8.42 Å². The van der Waals surface area contributed by atoms with E-state index in [0.717, 1.165) is 18.8 Å². The first-order valence-electron chi connectivity index (χ1n) is 5.04. The number of nitrogens with one attached hydrogen (secondary N) is 1. The lowest BCUT2D eigenvalue weighted by atomic mass is 10.5. The highest BCUT2D eigenvalue weighted by molar-refractivity contribution is 7.89. The van der Waals surface area contributed by atoms with Crippen molar-refractivity contribution in [3.8, 4) is 0 Å². The highest BCUT2D eigenvalue weighted by Gasteiger charge is 2.17. The van der Waals surface area contributed by atoms with Gasteiger partial charge in [-0.2, -0.15) is 0 Å². The van der Waals surface area contributed by atoms with Gasteiger partial charge in [0.25, 0.3) is 10.0 Å². The van der Waals surface area contributed by atoms with Crippen LogP contribution >= 0.6 is 0 Å². The summed E-state index contributed by atoms with van der Waals surface area (Å²) in [5, 5.41) is 0.107. The lowest BCUT2D eigenvalue weighted by Gasteiger charge is -2.00. The molecule has 1 rings (SSSR count). The van der Waals surface area contributed by atoms with E-state index >= 15 is 0 Å². The zero-order chi connectivity index (χ0) is 11.5. The van der Waals surface area contributed by atoms with Crippen LogP contribution in [0.5, 0.6) is 0 Å². The van der Waals surface area contributed by atoms with E-state index in [1.54, 1.807) is 20.0 Å². The number of sulfonamides is 1. The molecule has 0 saturated heterocycles. The highest BCUT2D eigenvalue weighted by atomic mass is 32.2. The summed E-state index contributed by atoms with van der Waals surface area (Å²) in [5.41, 5.74) is 0. The second-order valence-corrected chi connectivity index (χ2v) is 5.03. The second-order valence-electron chi connectivity index (χ2n) is 3.32. The lowest BCUT2D eigenvalue weighted by Crippen LogP contribution is -2.23. The summed E-state index contributed by atoms with van der Waals surface area (Å²) in [4.78, 5) is 4.03. The van der Waals surface area contributed by atoms with E-state index in [-0.39, 0.29) is 5.03 Å². The molecule has 0 spiro atoms. The Morgan fingerprint density at radius 3 is 2.67 bits per heavy atom. The van der Waals surface area contributed by atoms with E-state index in [1.807, 2.05) is 11.5 Å². The predicted octanol–water partition coefficient (Wildman–Crippen LogP) is 0.900. The molecule has 6 heteroatoms. The van der Waals surface area contributed by atoms with Crippen LogP contribution in [0.15, 0.2) is 11.2 Å². The van der Waals surface area contributed by atoms with E-state index < -0.39 is 10.0 Å². The van der Waals surface area contributed by atoms with Gasteiger partial charge in [0.2, 0.25) is 0 Å². The first-order chi connectivity index (χ1) is 7.01. The molecule has 86 valence electrons. The van der Waals surface area contributed by atoms with Crippen molar-refractivity contribution in [2.45, 2.75) is 38.8 Å². The monoisotopic (exact) mass is 231 g/mol. The van der Waals surface area contributed by atoms with Gasteiger partial charge in [0.15, 0.2) is 5.03 Å². The van der Waals surface area contributed by atoms with E-state index in [1.165, 1.54) is 0 Å². The van der Waals surface area contributed by atoms with Gasteiger partial charge in [-0.25, -0.2) is 18.1 Å². The predicted molar refractivity (Wildman–Crippen MR) is 58.1 cm³/mol. The molecule has 0 amide bonds. The molecule has 0 aliphatic rings. The van der Waals surface area contributed by atoms with Crippen LogP contribution in [0, 0.1) is 6.92 Å². The number of rotatable bonds is 5. The fourth-order valence-electron chi connectivity index (χ4n) is 1.34. The zero-order valence-corrected chi connectivity index (χ0v) is 10.1. The number of hydrogen-bond donors (Lipinski definition) is 1. The van der Waals surface area contributed by atoms with Crippen LogP contribution in [-0.4, -0.2) is 24.5 Å². The van der Waals surface area contributed by atoms with Crippen molar-refractivity contribution in [2.24, 2.45) is 0 Å². The van der Waals surface area contributed by atoms with Crippen LogP contribution in [0.2, 0.25) is 0 Å². The van der Waals surface area contributed by atoms with Gasteiger partial charge in [0, 0.05) is 19.3 Å². The Morgan fingerprint density at radius 2 is 2.13 bits per heavy atom. The average molecular weight is 231 g/mol. The van der Waals surface area contributed by atoms with Crippen molar-refractivity contribution in [3.63, 3.8) is 0 Å². The fourth-order valence-corrected chi connectivity index (χ4v) is 2.39. The molecule has 1 N–H and O–H groups in total. The second kappa shape index (κ2) is 4.76. The third-order valence-electron chi connectivity index (χ3n) is 2.03. The fraction of sp³-hybridized carbons (Fsp3) is 0.667. The molecule has 0 atom stereocenters. The minimum absolute atomic E-state index is 0.107. The Hall–Kier alpha value is -0.880. The molecule has 0 aliphatic heterocycles. The van der Waals surface area contributed by atoms with Crippen molar-refractivity contribution in [1.29, 1.82) is 0 Å². The minimum atomic E-state index is -3.41. The molecular weight excluding hydrogens is 214 g/mol. The van der Waals surface area contributed by atoms with Crippen LogP contribution < -0.4 is 4.72 Å². The first-order valence-corrected chi connectivity index (χ1v) is 6.53. The van der Waals surface area contributed by atoms with Gasteiger partial charge in [0.05, 0.1) is 0 Å². The maximum Gasteiger partial charge on any atom is 0.259 e. The topological polar surface area (TPSA) is 64.0 Å². The third-order valence-corrected chi connectivity index (χ3v) is 3.44. The van der Waals surface area contributed by atoms with Crippen molar-refractivity contribution >= 4 is 10.0 Å². The lowest BCUT2D eigenvalue weighted by molar-refractivity contribution is 0.580. The first kappa shape index (κ1) is 12.2. The van der Waals surface area contributed by atoms with E-state index in [2.05, 4.69) is 9.71 Å². The minimum Gasteiger partial charge on any atom is -0.334 e. The third kappa shape index (κ3) is 2.79. The standard InChI is InChI=1S/C9H17N3O2S/c1-4-6-12-7-9(11-8(12)3)15(13,14)10-5-2/h7,10H,4-6H2,1-3H3. The van der Waals surface area contributed by atoms with Crippen molar-refractivity contribution in [3.05, 3.63) is 12.0 Å². The van der Waals surface area contributed by atoms with Gasteiger partial charge in [-0.1, -0.05) is 13.8 Å². The molecule has 0 bridgehead atoms. The molecule has 15 heavy (non-hydrogen) atoms. The molecule has 0 fully saturated rings. The molecule has 0 radical (unpaired) electrons. The van der Waals surface area contributed by atoms with Gasteiger partial charge in [0.1, 0.15) is 5.82 Å². The number of aryl methyl sites for hydroxylation is 2. The zero-order valence-electron chi connectivity index (χ0n) is 9.32. The smallest absolute Gasteiger partial charge is 0.259 e. The van der Waals surface area contributed by atoms with Gasteiger partial charge in [-0.3, -0.25) is 0 Å². The van der Waals surface area contributed by atoms with Gasteiger partial charge < -0.3 is 4.57 Å². The summed E-state index contributed by atoms with van der Waals surface area (Å²) in [7, 11) is -3.41. The largest absolute Gasteiger partial charge is 0.334 e. The molecule has 1 heterocycles. The van der Waals surface area contributed by atoms with Crippen LogP contribution in [0.3, 0.4) is 0 Å². The maximum absolute atomic E-state index is 11.6. The molecule has 1 aromatic heterocycles. The molecule has 1 aromatic rings. The van der Waals surface area contributed by atoms with Gasteiger partial charge in [-0.15, -0.1) is 0 Å². The molecule has 0 unspecified atom stereocenters. The van der Waals surface area contributed by atoms with Crippen molar-refractivity contribution in [1.82, 2.24) is 14.3 Å².